The number of aromatic nitrogens is 2. The highest BCUT2D eigenvalue weighted by Crippen LogP contribution is 2.27. The average Bonchev–Trinajstić information content (AvgIpc) is 3.12. The SMILES string of the molecule is CC(Oc1ccc2ccccc2c1)c1nnc(-c2cccc(Cl)c2)o1. The van der Waals surface area contributed by atoms with Crippen LogP contribution >= 0.6 is 11.6 Å². The first-order valence-corrected chi connectivity index (χ1v) is 8.32. The molecule has 1 unspecified atom stereocenters. The quantitative estimate of drug-likeness (QED) is 0.475. The molecule has 0 fully saturated rings. The zero-order chi connectivity index (χ0) is 17.2. The second-order valence-electron chi connectivity index (χ2n) is 5.72. The van der Waals surface area contributed by atoms with Crippen molar-refractivity contribution in [3.05, 3.63) is 77.6 Å². The maximum atomic E-state index is 6.00. The van der Waals surface area contributed by atoms with E-state index in [9.17, 15) is 0 Å². The topological polar surface area (TPSA) is 48.2 Å². The molecule has 1 heterocycles. The van der Waals surface area contributed by atoms with Gasteiger partial charge in [0.25, 0.3) is 5.89 Å². The molecule has 0 aliphatic rings. The number of nitrogens with zero attached hydrogens (tertiary/aromatic N) is 2. The van der Waals surface area contributed by atoms with E-state index in [1.807, 2.05) is 49.4 Å². The van der Waals surface area contributed by atoms with E-state index in [4.69, 9.17) is 20.8 Å². The molecule has 25 heavy (non-hydrogen) atoms. The predicted molar refractivity (Wildman–Crippen MR) is 97.7 cm³/mol. The van der Waals surface area contributed by atoms with Crippen LogP contribution < -0.4 is 4.74 Å². The molecule has 3 aromatic carbocycles. The van der Waals surface area contributed by atoms with Crippen molar-refractivity contribution < 1.29 is 9.15 Å². The van der Waals surface area contributed by atoms with Gasteiger partial charge in [0.1, 0.15) is 5.75 Å². The van der Waals surface area contributed by atoms with Gasteiger partial charge in [0.2, 0.25) is 5.89 Å². The fourth-order valence-corrected chi connectivity index (χ4v) is 2.82. The normalized spacial score (nSPS) is 12.2. The molecule has 5 heteroatoms. The minimum Gasteiger partial charge on any atom is -0.481 e. The van der Waals surface area contributed by atoms with Crippen molar-refractivity contribution in [2.24, 2.45) is 0 Å². The van der Waals surface area contributed by atoms with Crippen LogP contribution in [0, 0.1) is 0 Å². The largest absolute Gasteiger partial charge is 0.481 e. The van der Waals surface area contributed by atoms with Gasteiger partial charge in [-0.15, -0.1) is 10.2 Å². The first-order valence-electron chi connectivity index (χ1n) is 7.94. The molecule has 1 atom stereocenters. The van der Waals surface area contributed by atoms with Crippen LogP contribution in [0.4, 0.5) is 0 Å². The fourth-order valence-electron chi connectivity index (χ4n) is 2.63. The van der Waals surface area contributed by atoms with Crippen LogP contribution in [0.3, 0.4) is 0 Å². The summed E-state index contributed by atoms with van der Waals surface area (Å²) in [5, 5.41) is 11.1. The molecule has 1 aromatic heterocycles. The number of ether oxygens (including phenoxy) is 1. The zero-order valence-electron chi connectivity index (χ0n) is 13.5. The molecule has 0 saturated heterocycles. The van der Waals surface area contributed by atoms with Crippen molar-refractivity contribution in [2.75, 3.05) is 0 Å². The number of hydrogen-bond acceptors (Lipinski definition) is 4. The lowest BCUT2D eigenvalue weighted by Crippen LogP contribution is -2.03. The van der Waals surface area contributed by atoms with Gasteiger partial charge in [0.15, 0.2) is 6.10 Å². The Labute approximate surface area is 150 Å². The Morgan fingerprint density at radius 2 is 1.76 bits per heavy atom. The van der Waals surface area contributed by atoms with Crippen LogP contribution in [-0.2, 0) is 0 Å². The van der Waals surface area contributed by atoms with Gasteiger partial charge in [-0.2, -0.15) is 0 Å². The highest BCUT2D eigenvalue weighted by molar-refractivity contribution is 6.30. The van der Waals surface area contributed by atoms with Gasteiger partial charge in [-0.3, -0.25) is 0 Å². The van der Waals surface area contributed by atoms with Crippen molar-refractivity contribution >= 4 is 22.4 Å². The van der Waals surface area contributed by atoms with E-state index in [1.54, 1.807) is 12.1 Å². The van der Waals surface area contributed by atoms with E-state index in [1.165, 1.54) is 5.39 Å². The zero-order valence-corrected chi connectivity index (χ0v) is 14.3. The summed E-state index contributed by atoms with van der Waals surface area (Å²) < 4.78 is 11.7. The standard InChI is InChI=1S/C20H15ClN2O2/c1-13(24-18-10-9-14-5-2-3-6-15(14)12-18)19-22-23-20(25-19)16-7-4-8-17(21)11-16/h2-13H,1H3. The highest BCUT2D eigenvalue weighted by Gasteiger charge is 2.17. The minimum absolute atomic E-state index is 0.360. The molecule has 4 nitrogen and oxygen atoms in total. The van der Waals surface area contributed by atoms with Crippen LogP contribution in [0.15, 0.2) is 71.1 Å². The van der Waals surface area contributed by atoms with Gasteiger partial charge >= 0.3 is 0 Å². The maximum absolute atomic E-state index is 6.00. The molecule has 0 amide bonds. The van der Waals surface area contributed by atoms with Crippen molar-refractivity contribution in [3.8, 4) is 17.2 Å². The van der Waals surface area contributed by atoms with Gasteiger partial charge in [0.05, 0.1) is 0 Å². The molecule has 0 aliphatic heterocycles. The summed E-state index contributed by atoms with van der Waals surface area (Å²) in [5.74, 6) is 1.60. The van der Waals surface area contributed by atoms with Crippen LogP contribution in [0.1, 0.15) is 18.9 Å². The van der Waals surface area contributed by atoms with Gasteiger partial charge in [-0.1, -0.05) is 48.0 Å². The second-order valence-corrected chi connectivity index (χ2v) is 6.16. The van der Waals surface area contributed by atoms with Crippen LogP contribution in [0.25, 0.3) is 22.2 Å². The number of hydrogen-bond donors (Lipinski definition) is 0. The molecule has 0 spiro atoms. The second kappa shape index (κ2) is 6.57. The number of fused-ring (bicyclic) bond motifs is 1. The Balaban J connectivity index is 1.55. The van der Waals surface area contributed by atoms with E-state index in [0.717, 1.165) is 16.7 Å². The Bertz CT molecular complexity index is 1030. The molecule has 0 aliphatic carbocycles. The van der Waals surface area contributed by atoms with E-state index in [0.29, 0.717) is 16.8 Å². The van der Waals surface area contributed by atoms with Crippen molar-refractivity contribution in [2.45, 2.75) is 13.0 Å². The molecule has 0 bridgehead atoms. The van der Waals surface area contributed by atoms with E-state index < -0.39 is 0 Å². The molecule has 124 valence electrons. The third-order valence-corrected chi connectivity index (χ3v) is 4.13. The van der Waals surface area contributed by atoms with Crippen LogP contribution in [-0.4, -0.2) is 10.2 Å². The summed E-state index contributed by atoms with van der Waals surface area (Å²) in [4.78, 5) is 0. The summed E-state index contributed by atoms with van der Waals surface area (Å²) in [5.41, 5.74) is 0.782. The Morgan fingerprint density at radius 3 is 2.60 bits per heavy atom. The lowest BCUT2D eigenvalue weighted by atomic mass is 10.1. The van der Waals surface area contributed by atoms with E-state index >= 15 is 0 Å². The third kappa shape index (κ3) is 3.35. The predicted octanol–water partition coefficient (Wildman–Crippen LogP) is 5.68. The van der Waals surface area contributed by atoms with Crippen molar-refractivity contribution in [1.29, 1.82) is 0 Å². The Morgan fingerprint density at radius 1 is 0.920 bits per heavy atom. The third-order valence-electron chi connectivity index (χ3n) is 3.89. The van der Waals surface area contributed by atoms with Crippen molar-refractivity contribution in [1.82, 2.24) is 10.2 Å². The summed E-state index contributed by atoms with van der Waals surface area (Å²) in [7, 11) is 0. The molecule has 0 N–H and O–H groups in total. The lowest BCUT2D eigenvalue weighted by molar-refractivity contribution is 0.190. The number of benzene rings is 3. The molecule has 0 radical (unpaired) electrons. The molecule has 4 aromatic rings. The van der Waals surface area contributed by atoms with Crippen LogP contribution in [0.2, 0.25) is 5.02 Å². The Kier molecular flexibility index (Phi) is 4.12. The average molecular weight is 351 g/mol. The van der Waals surface area contributed by atoms with E-state index in [-0.39, 0.29) is 6.10 Å². The Hall–Kier alpha value is -2.85. The van der Waals surface area contributed by atoms with Crippen molar-refractivity contribution in [3.63, 3.8) is 0 Å². The van der Waals surface area contributed by atoms with Crippen LogP contribution in [0.5, 0.6) is 5.75 Å². The smallest absolute Gasteiger partial charge is 0.257 e. The molecular weight excluding hydrogens is 336 g/mol. The van der Waals surface area contributed by atoms with Gasteiger partial charge in [-0.05, 0) is 48.0 Å². The van der Waals surface area contributed by atoms with E-state index in [2.05, 4.69) is 22.3 Å². The molecule has 4 rings (SSSR count). The van der Waals surface area contributed by atoms with Gasteiger partial charge < -0.3 is 9.15 Å². The maximum Gasteiger partial charge on any atom is 0.257 e. The molecular formula is C20H15ClN2O2. The summed E-state index contributed by atoms with van der Waals surface area (Å²) >= 11 is 6.00. The summed E-state index contributed by atoms with van der Waals surface area (Å²) in [6.07, 6.45) is -0.360. The summed E-state index contributed by atoms with van der Waals surface area (Å²) in [6, 6.07) is 21.4. The molecule has 0 saturated carbocycles. The fraction of sp³-hybridized carbons (Fsp3) is 0.100. The van der Waals surface area contributed by atoms with Gasteiger partial charge in [0, 0.05) is 10.6 Å². The first kappa shape index (κ1) is 15.7. The summed E-state index contributed by atoms with van der Waals surface area (Å²) in [6.45, 7) is 1.88. The monoisotopic (exact) mass is 350 g/mol. The highest BCUT2D eigenvalue weighted by atomic mass is 35.5. The lowest BCUT2D eigenvalue weighted by Gasteiger charge is -2.11. The minimum atomic E-state index is -0.360. The first-order chi connectivity index (χ1) is 12.2. The van der Waals surface area contributed by atoms with Gasteiger partial charge in [-0.25, -0.2) is 0 Å². The number of halogens is 1. The number of rotatable bonds is 4.